The number of phosphoric acid groups is 1. The van der Waals surface area contributed by atoms with Gasteiger partial charge in [0.1, 0.15) is 18.8 Å². The summed E-state index contributed by atoms with van der Waals surface area (Å²) < 4.78 is 33.5. The minimum absolute atomic E-state index is 0.0961. The lowest BCUT2D eigenvalue weighted by molar-refractivity contribution is -0.171. The SMILES string of the molecule is Nc1nc2c(c(=O)[nH]1)N(C(=O)OCC1c3ccccc3-c3ccccc31)C1C(=O)C3OP(=O)(O)OCC3OC1N2. The van der Waals surface area contributed by atoms with Gasteiger partial charge in [-0.05, 0) is 22.3 Å². The number of carbonyl (C=O) groups is 2. The highest BCUT2D eigenvalue weighted by atomic mass is 31.2. The third-order valence-corrected chi connectivity index (χ3v) is 8.38. The molecule has 2 saturated heterocycles. The molecule has 0 radical (unpaired) electrons. The van der Waals surface area contributed by atoms with Gasteiger partial charge in [-0.25, -0.2) is 9.36 Å². The minimum atomic E-state index is -4.53. The number of nitrogens with zero attached hydrogens (tertiary/aromatic N) is 2. The van der Waals surface area contributed by atoms with Crippen LogP contribution < -0.4 is 21.5 Å². The van der Waals surface area contributed by atoms with Crippen molar-refractivity contribution in [2.24, 2.45) is 0 Å². The number of nitrogens with two attached hydrogens (primary N) is 1. The van der Waals surface area contributed by atoms with Crippen LogP contribution >= 0.6 is 7.82 Å². The van der Waals surface area contributed by atoms with Crippen molar-refractivity contribution < 1.29 is 37.6 Å². The van der Waals surface area contributed by atoms with E-state index in [1.807, 2.05) is 48.5 Å². The maximum atomic E-state index is 13.8. The van der Waals surface area contributed by atoms with Crippen molar-refractivity contribution in [2.75, 3.05) is 29.2 Å². The topological polar surface area (TPSA) is 195 Å². The standard InChI is InChI=1S/C25H22N5O9P/c26-24-28-21-18(22(32)29-24)30(17-19(31)20-16(38-23(17)27-21)10-37-40(34,35)39-20)25(33)36-9-15-13-7-3-1-5-11(13)12-6-2-4-8-14(12)15/h1-8,15-17,20,23H,9-10H2,(H,34,35)(H4,26,27,28,29,32). The highest BCUT2D eigenvalue weighted by Gasteiger charge is 2.57. The molecule has 5 N–H and O–H groups in total. The molecule has 3 aliphatic heterocycles. The summed E-state index contributed by atoms with van der Waals surface area (Å²) in [5.74, 6) is -1.40. The third kappa shape index (κ3) is 3.84. The van der Waals surface area contributed by atoms with Crippen LogP contribution in [0.5, 0.6) is 0 Å². The summed E-state index contributed by atoms with van der Waals surface area (Å²) in [6.45, 7) is -0.501. The van der Waals surface area contributed by atoms with Crippen LogP contribution in [-0.2, 0) is 27.9 Å². The van der Waals surface area contributed by atoms with Gasteiger partial charge < -0.3 is 25.4 Å². The molecule has 4 heterocycles. The zero-order valence-electron chi connectivity index (χ0n) is 20.6. The summed E-state index contributed by atoms with van der Waals surface area (Å²) in [6, 6.07) is 14.1. The summed E-state index contributed by atoms with van der Waals surface area (Å²) >= 11 is 0. The Bertz CT molecular complexity index is 1630. The number of H-pyrrole nitrogens is 1. The normalized spacial score (nSPS) is 28.4. The van der Waals surface area contributed by atoms with Gasteiger partial charge in [0, 0.05) is 5.92 Å². The van der Waals surface area contributed by atoms with Crippen molar-refractivity contribution in [1.82, 2.24) is 9.97 Å². The first-order chi connectivity index (χ1) is 19.2. The molecule has 0 bridgehead atoms. The van der Waals surface area contributed by atoms with Crippen molar-refractivity contribution >= 4 is 37.2 Å². The molecule has 1 aliphatic carbocycles. The molecule has 2 fully saturated rings. The van der Waals surface area contributed by atoms with E-state index in [4.69, 9.17) is 24.3 Å². The Kier molecular flexibility index (Phi) is 5.60. The predicted octanol–water partition coefficient (Wildman–Crippen LogP) is 1.71. The van der Waals surface area contributed by atoms with Crippen LogP contribution in [0.1, 0.15) is 17.0 Å². The number of ether oxygens (including phenoxy) is 2. The van der Waals surface area contributed by atoms with Crippen LogP contribution in [0.15, 0.2) is 53.3 Å². The van der Waals surface area contributed by atoms with Gasteiger partial charge in [-0.2, -0.15) is 4.98 Å². The van der Waals surface area contributed by atoms with Gasteiger partial charge in [0.25, 0.3) is 5.56 Å². The Labute approximate surface area is 225 Å². The third-order valence-electron chi connectivity index (χ3n) is 7.41. The zero-order chi connectivity index (χ0) is 27.8. The number of aromatic nitrogens is 2. The Balaban J connectivity index is 1.24. The number of nitrogens with one attached hydrogen (secondary N) is 2. The first-order valence-electron chi connectivity index (χ1n) is 12.4. The number of fused-ring (bicyclic) bond motifs is 6. The average molecular weight is 567 g/mol. The largest absolute Gasteiger partial charge is 0.473 e. The fraction of sp³-hybridized carbons (Fsp3) is 0.280. The van der Waals surface area contributed by atoms with E-state index in [0.29, 0.717) is 0 Å². The maximum absolute atomic E-state index is 13.8. The smallest absolute Gasteiger partial charge is 0.448 e. The van der Waals surface area contributed by atoms with E-state index in [1.54, 1.807) is 0 Å². The monoisotopic (exact) mass is 567 g/mol. The molecular weight excluding hydrogens is 545 g/mol. The van der Waals surface area contributed by atoms with Crippen molar-refractivity contribution in [3.63, 3.8) is 0 Å². The molecule has 206 valence electrons. The number of phosphoric ester groups is 1. The molecule has 1 amide bonds. The number of Topliss-reactive ketones (excluding diaryl/α,β-unsaturated/α-hetero) is 1. The number of hydrogen-bond donors (Lipinski definition) is 4. The quantitative estimate of drug-likeness (QED) is 0.328. The number of nitrogen functional groups attached to an aromatic ring is 1. The number of ketones is 1. The highest BCUT2D eigenvalue weighted by Crippen LogP contribution is 2.51. The van der Waals surface area contributed by atoms with Crippen LogP contribution in [0, 0.1) is 0 Å². The van der Waals surface area contributed by atoms with Crippen molar-refractivity contribution in [3.05, 3.63) is 70.0 Å². The predicted molar refractivity (Wildman–Crippen MR) is 139 cm³/mol. The molecule has 15 heteroatoms. The Morgan fingerprint density at radius 1 is 1.15 bits per heavy atom. The number of benzene rings is 2. The van der Waals surface area contributed by atoms with Crippen molar-refractivity contribution in [1.29, 1.82) is 0 Å². The van der Waals surface area contributed by atoms with E-state index in [0.717, 1.165) is 27.2 Å². The van der Waals surface area contributed by atoms with E-state index < -0.39 is 56.3 Å². The second kappa shape index (κ2) is 8.98. The van der Waals surface area contributed by atoms with Gasteiger partial charge in [0.05, 0.1) is 6.61 Å². The Morgan fingerprint density at radius 2 is 1.82 bits per heavy atom. The van der Waals surface area contributed by atoms with Gasteiger partial charge in [-0.3, -0.25) is 28.5 Å². The van der Waals surface area contributed by atoms with Crippen LogP contribution in [0.25, 0.3) is 11.1 Å². The second-order valence-corrected chi connectivity index (χ2v) is 11.1. The lowest BCUT2D eigenvalue weighted by atomic mass is 9.95. The van der Waals surface area contributed by atoms with Crippen LogP contribution in [-0.4, -0.2) is 64.4 Å². The molecule has 14 nitrogen and oxygen atoms in total. The summed E-state index contributed by atoms with van der Waals surface area (Å²) in [4.78, 5) is 57.4. The minimum Gasteiger partial charge on any atom is -0.448 e. The van der Waals surface area contributed by atoms with Gasteiger partial charge in [-0.15, -0.1) is 0 Å². The molecule has 2 aromatic carbocycles. The fourth-order valence-corrected chi connectivity index (χ4v) is 6.67. The lowest BCUT2D eigenvalue weighted by Gasteiger charge is -2.47. The van der Waals surface area contributed by atoms with Crippen molar-refractivity contribution in [2.45, 2.75) is 30.4 Å². The molecule has 3 aromatic rings. The number of rotatable bonds is 2. The molecule has 4 aliphatic rings. The number of aromatic amines is 1. The van der Waals surface area contributed by atoms with Gasteiger partial charge in [0.2, 0.25) is 5.95 Å². The molecule has 7 rings (SSSR count). The van der Waals surface area contributed by atoms with Crippen molar-refractivity contribution in [3.8, 4) is 11.1 Å². The van der Waals surface area contributed by atoms with Gasteiger partial charge >= 0.3 is 13.9 Å². The molecule has 5 unspecified atom stereocenters. The number of anilines is 3. The summed E-state index contributed by atoms with van der Waals surface area (Å²) in [5.41, 5.74) is 8.58. The number of hydrogen-bond acceptors (Lipinski definition) is 11. The van der Waals surface area contributed by atoms with Gasteiger partial charge in [-0.1, -0.05) is 48.5 Å². The van der Waals surface area contributed by atoms with Crippen LogP contribution in [0.4, 0.5) is 22.2 Å². The summed E-state index contributed by atoms with van der Waals surface area (Å²) in [6.07, 6.45) is -4.82. The number of amides is 1. The molecule has 0 saturated carbocycles. The second-order valence-electron chi connectivity index (χ2n) is 9.70. The van der Waals surface area contributed by atoms with E-state index >= 15 is 0 Å². The molecule has 40 heavy (non-hydrogen) atoms. The van der Waals surface area contributed by atoms with E-state index in [9.17, 15) is 23.8 Å². The van der Waals surface area contributed by atoms with E-state index in [1.165, 1.54) is 0 Å². The van der Waals surface area contributed by atoms with E-state index in [2.05, 4.69) is 15.3 Å². The Hall–Kier alpha value is -4.07. The first kappa shape index (κ1) is 24.9. The molecular formula is C25H22N5O9P. The fourth-order valence-electron chi connectivity index (χ4n) is 5.75. The molecule has 1 aromatic heterocycles. The average Bonchev–Trinajstić information content (AvgIpc) is 3.24. The summed E-state index contributed by atoms with van der Waals surface area (Å²) in [5, 5.41) is 2.83. The first-order valence-corrected chi connectivity index (χ1v) is 13.9. The molecule has 0 spiro atoms. The van der Waals surface area contributed by atoms with Gasteiger partial charge in [0.15, 0.2) is 29.6 Å². The highest BCUT2D eigenvalue weighted by molar-refractivity contribution is 7.47. The summed E-state index contributed by atoms with van der Waals surface area (Å²) in [7, 11) is -4.53. The zero-order valence-corrected chi connectivity index (χ0v) is 21.4. The lowest BCUT2D eigenvalue weighted by Crippen LogP contribution is -2.68. The Morgan fingerprint density at radius 3 is 2.52 bits per heavy atom. The van der Waals surface area contributed by atoms with Crippen LogP contribution in [0.2, 0.25) is 0 Å². The molecule has 5 atom stereocenters. The number of carbonyl (C=O) groups excluding carboxylic acids is 2. The van der Waals surface area contributed by atoms with E-state index in [-0.39, 0.29) is 30.0 Å². The van der Waals surface area contributed by atoms with Crippen LogP contribution in [0.3, 0.4) is 0 Å². The maximum Gasteiger partial charge on any atom is 0.473 e.